The Morgan fingerprint density at radius 3 is 2.57 bits per heavy atom. The van der Waals surface area contributed by atoms with Gasteiger partial charge in [-0.1, -0.05) is 18.2 Å². The molecule has 0 fully saturated rings. The highest BCUT2D eigenvalue weighted by Gasteiger charge is 2.28. The van der Waals surface area contributed by atoms with Crippen LogP contribution in [-0.4, -0.2) is 37.0 Å². The normalized spacial score (nSPS) is 10.0. The van der Waals surface area contributed by atoms with E-state index in [0.29, 0.717) is 0 Å². The van der Waals surface area contributed by atoms with Crippen LogP contribution in [0.1, 0.15) is 15.9 Å². The molecule has 1 heterocycles. The van der Waals surface area contributed by atoms with Crippen molar-refractivity contribution in [2.75, 3.05) is 26.9 Å². The largest absolute Gasteiger partial charge is 0.480 e. The summed E-state index contributed by atoms with van der Waals surface area (Å²) in [5.41, 5.74) is 5.87. The van der Waals surface area contributed by atoms with E-state index in [2.05, 4.69) is 4.98 Å². The van der Waals surface area contributed by atoms with Crippen LogP contribution in [0.3, 0.4) is 0 Å². The van der Waals surface area contributed by atoms with Gasteiger partial charge in [-0.15, -0.1) is 0 Å². The zero-order valence-corrected chi connectivity index (χ0v) is 12.9. The first-order valence-electron chi connectivity index (χ1n) is 6.66. The zero-order chi connectivity index (χ0) is 17.1. The molecule has 0 radical (unpaired) electrons. The molecule has 0 saturated heterocycles. The molecule has 0 saturated carbocycles. The zero-order valence-electron chi connectivity index (χ0n) is 12.9. The minimum Gasteiger partial charge on any atom is -0.480 e. The van der Waals surface area contributed by atoms with Gasteiger partial charge in [0.15, 0.2) is 0 Å². The Kier molecular flexibility index (Phi) is 4.46. The second kappa shape index (κ2) is 6.32. The molecule has 0 bridgehead atoms. The van der Waals surface area contributed by atoms with E-state index in [1.807, 2.05) is 6.07 Å². The molecule has 1 aromatic carbocycles. The molecule has 6 nitrogen and oxygen atoms in total. The molecule has 0 aliphatic heterocycles. The van der Waals surface area contributed by atoms with Crippen LogP contribution in [0.4, 0.5) is 10.2 Å². The lowest BCUT2D eigenvalue weighted by Crippen LogP contribution is -2.24. The Bertz CT molecular complexity index is 812. The number of hydrogen-bond donors (Lipinski definition) is 1. The Balaban J connectivity index is 2.97. The van der Waals surface area contributed by atoms with Crippen molar-refractivity contribution in [3.8, 4) is 23.1 Å². The second-order valence-corrected chi connectivity index (χ2v) is 4.92. The van der Waals surface area contributed by atoms with Crippen molar-refractivity contribution in [3.05, 3.63) is 41.2 Å². The molecule has 2 N–H and O–H groups in total. The smallest absolute Gasteiger partial charge is 0.259 e. The highest BCUT2D eigenvalue weighted by Crippen LogP contribution is 2.37. The van der Waals surface area contributed by atoms with E-state index in [0.717, 1.165) is 0 Å². The molecule has 2 aromatic rings. The SMILES string of the molecule is COc1nc(N)c(C#N)c(-c2ccccc2F)c1C(=O)N(C)C. The van der Waals surface area contributed by atoms with E-state index in [-0.39, 0.29) is 34.0 Å². The van der Waals surface area contributed by atoms with Gasteiger partial charge in [0.2, 0.25) is 5.88 Å². The van der Waals surface area contributed by atoms with Crippen molar-refractivity contribution < 1.29 is 13.9 Å². The number of nitriles is 1. The van der Waals surface area contributed by atoms with Crippen LogP contribution < -0.4 is 10.5 Å². The first-order chi connectivity index (χ1) is 10.9. The molecule has 0 aliphatic rings. The Labute approximate surface area is 132 Å². The number of benzene rings is 1. The van der Waals surface area contributed by atoms with Gasteiger partial charge < -0.3 is 15.4 Å². The van der Waals surface area contributed by atoms with E-state index in [1.165, 1.54) is 44.3 Å². The summed E-state index contributed by atoms with van der Waals surface area (Å²) in [5.74, 6) is -1.23. The first kappa shape index (κ1) is 16.2. The Hall–Kier alpha value is -3.14. The number of nitrogens with zero attached hydrogens (tertiary/aromatic N) is 3. The molecule has 0 atom stereocenters. The summed E-state index contributed by atoms with van der Waals surface area (Å²) in [4.78, 5) is 17.8. The lowest BCUT2D eigenvalue weighted by Gasteiger charge is -2.19. The van der Waals surface area contributed by atoms with Crippen LogP contribution in [0.5, 0.6) is 5.88 Å². The monoisotopic (exact) mass is 314 g/mol. The van der Waals surface area contributed by atoms with Crippen molar-refractivity contribution >= 4 is 11.7 Å². The number of pyridine rings is 1. The summed E-state index contributed by atoms with van der Waals surface area (Å²) in [6.45, 7) is 0. The van der Waals surface area contributed by atoms with E-state index < -0.39 is 11.7 Å². The van der Waals surface area contributed by atoms with Gasteiger partial charge in [0.1, 0.15) is 28.8 Å². The molecule has 2 rings (SSSR count). The summed E-state index contributed by atoms with van der Waals surface area (Å²) < 4.78 is 19.4. The minimum atomic E-state index is -0.579. The van der Waals surface area contributed by atoms with Crippen molar-refractivity contribution in [2.45, 2.75) is 0 Å². The number of halogens is 1. The summed E-state index contributed by atoms with van der Waals surface area (Å²) in [7, 11) is 4.40. The molecule has 1 aromatic heterocycles. The maximum Gasteiger partial charge on any atom is 0.259 e. The van der Waals surface area contributed by atoms with Crippen LogP contribution in [0.2, 0.25) is 0 Å². The topological polar surface area (TPSA) is 92.2 Å². The molecule has 118 valence electrons. The third-order valence-corrected chi connectivity index (χ3v) is 3.26. The number of hydrogen-bond acceptors (Lipinski definition) is 5. The highest BCUT2D eigenvalue weighted by molar-refractivity contribution is 6.05. The number of carbonyl (C=O) groups is 1. The van der Waals surface area contributed by atoms with Crippen LogP contribution in [-0.2, 0) is 0 Å². The summed E-state index contributed by atoms with van der Waals surface area (Å²) in [6.07, 6.45) is 0. The number of nitrogens with two attached hydrogens (primary N) is 1. The van der Waals surface area contributed by atoms with Gasteiger partial charge in [-0.25, -0.2) is 4.39 Å². The molecular weight excluding hydrogens is 299 g/mol. The highest BCUT2D eigenvalue weighted by atomic mass is 19.1. The summed E-state index contributed by atoms with van der Waals surface area (Å²) in [5, 5.41) is 9.40. The first-order valence-corrected chi connectivity index (χ1v) is 6.66. The van der Waals surface area contributed by atoms with Gasteiger partial charge in [-0.05, 0) is 6.07 Å². The second-order valence-electron chi connectivity index (χ2n) is 4.92. The predicted molar refractivity (Wildman–Crippen MR) is 83.3 cm³/mol. The van der Waals surface area contributed by atoms with Gasteiger partial charge >= 0.3 is 0 Å². The summed E-state index contributed by atoms with van der Waals surface area (Å²) >= 11 is 0. The van der Waals surface area contributed by atoms with Gasteiger partial charge in [0.05, 0.1) is 7.11 Å². The fourth-order valence-electron chi connectivity index (χ4n) is 2.20. The molecule has 23 heavy (non-hydrogen) atoms. The molecule has 0 spiro atoms. The van der Waals surface area contributed by atoms with Crippen molar-refractivity contribution in [1.82, 2.24) is 9.88 Å². The van der Waals surface area contributed by atoms with E-state index >= 15 is 0 Å². The Morgan fingerprint density at radius 1 is 1.39 bits per heavy atom. The number of methoxy groups -OCH3 is 1. The number of amides is 1. The fourth-order valence-corrected chi connectivity index (χ4v) is 2.20. The third kappa shape index (κ3) is 2.79. The van der Waals surface area contributed by atoms with E-state index in [9.17, 15) is 14.4 Å². The lowest BCUT2D eigenvalue weighted by molar-refractivity contribution is 0.0824. The quantitative estimate of drug-likeness (QED) is 0.936. The van der Waals surface area contributed by atoms with Crippen molar-refractivity contribution in [1.29, 1.82) is 5.26 Å². The molecule has 0 aliphatic carbocycles. The maximum atomic E-state index is 14.3. The summed E-state index contributed by atoms with van der Waals surface area (Å²) in [6, 6.07) is 7.72. The number of nitrogen functional groups attached to an aromatic ring is 1. The fraction of sp³-hybridized carbons (Fsp3) is 0.188. The number of carbonyl (C=O) groups excluding carboxylic acids is 1. The van der Waals surface area contributed by atoms with Crippen molar-refractivity contribution in [2.24, 2.45) is 0 Å². The standard InChI is InChI=1S/C16H15FN4O2/c1-21(2)16(22)13-12(9-6-4-5-7-11(9)17)10(8-18)14(19)20-15(13)23-3/h4-7H,1-3H3,(H2,19,20). The van der Waals surface area contributed by atoms with Crippen LogP contribution in [0.25, 0.3) is 11.1 Å². The van der Waals surface area contributed by atoms with Crippen LogP contribution in [0.15, 0.2) is 24.3 Å². The number of anilines is 1. The number of rotatable bonds is 3. The minimum absolute atomic E-state index is 0.00616. The Morgan fingerprint density at radius 2 is 2.04 bits per heavy atom. The molecule has 7 heteroatoms. The van der Waals surface area contributed by atoms with Gasteiger partial charge in [0.25, 0.3) is 5.91 Å². The lowest BCUT2D eigenvalue weighted by atomic mass is 9.94. The molecule has 1 amide bonds. The van der Waals surface area contributed by atoms with Crippen molar-refractivity contribution in [3.63, 3.8) is 0 Å². The van der Waals surface area contributed by atoms with E-state index in [1.54, 1.807) is 6.07 Å². The number of aromatic nitrogens is 1. The average Bonchev–Trinajstić information content (AvgIpc) is 2.53. The van der Waals surface area contributed by atoms with E-state index in [4.69, 9.17) is 10.5 Å². The molecule has 0 unspecified atom stereocenters. The van der Waals surface area contributed by atoms with Gasteiger partial charge in [-0.3, -0.25) is 4.79 Å². The van der Waals surface area contributed by atoms with Crippen LogP contribution >= 0.6 is 0 Å². The predicted octanol–water partition coefficient (Wildman–Crippen LogP) is 2.05. The van der Waals surface area contributed by atoms with Gasteiger partial charge in [-0.2, -0.15) is 10.2 Å². The number of ether oxygens (including phenoxy) is 1. The third-order valence-electron chi connectivity index (χ3n) is 3.26. The van der Waals surface area contributed by atoms with Crippen LogP contribution in [0, 0.1) is 17.1 Å². The average molecular weight is 314 g/mol. The van der Waals surface area contributed by atoms with Gasteiger partial charge in [0, 0.05) is 25.2 Å². The maximum absolute atomic E-state index is 14.3. The molecular formula is C16H15FN4O2.